The van der Waals surface area contributed by atoms with E-state index in [-0.39, 0.29) is 11.8 Å². The highest BCUT2D eigenvalue weighted by Crippen LogP contribution is 2.32. The Bertz CT molecular complexity index is 480. The summed E-state index contributed by atoms with van der Waals surface area (Å²) >= 11 is 5.18. The second-order valence-corrected chi connectivity index (χ2v) is 8.82. The lowest BCUT2D eigenvalue weighted by molar-refractivity contribution is 0.268. The van der Waals surface area contributed by atoms with Gasteiger partial charge >= 0.3 is 0 Å². The van der Waals surface area contributed by atoms with Gasteiger partial charge in [0.05, 0.1) is 11.8 Å². The van der Waals surface area contributed by atoms with E-state index in [1.54, 1.807) is 11.3 Å². The quantitative estimate of drug-likeness (QED) is 0.845. The van der Waals surface area contributed by atoms with Crippen molar-refractivity contribution in [1.82, 2.24) is 4.90 Å². The van der Waals surface area contributed by atoms with Crippen molar-refractivity contribution in [3.63, 3.8) is 0 Å². The van der Waals surface area contributed by atoms with E-state index in [0.29, 0.717) is 13.1 Å². The average Bonchev–Trinajstić information content (AvgIpc) is 2.56. The summed E-state index contributed by atoms with van der Waals surface area (Å²) in [5, 5.41) is 0. The van der Waals surface area contributed by atoms with E-state index in [1.807, 2.05) is 18.9 Å². The van der Waals surface area contributed by atoms with Crippen molar-refractivity contribution in [3.8, 4) is 0 Å². The molecule has 0 saturated carbocycles. The largest absolute Gasteiger partial charge is 0.329 e. The summed E-state index contributed by atoms with van der Waals surface area (Å²) in [6.45, 7) is 3.02. The summed E-state index contributed by atoms with van der Waals surface area (Å²) < 4.78 is 23.4. The van der Waals surface area contributed by atoms with Gasteiger partial charge in [0, 0.05) is 33.6 Å². The fourth-order valence-corrected chi connectivity index (χ4v) is 3.98. The zero-order valence-corrected chi connectivity index (χ0v) is 14.0. The summed E-state index contributed by atoms with van der Waals surface area (Å²) in [7, 11) is -1.03. The van der Waals surface area contributed by atoms with Gasteiger partial charge in [-0.15, -0.1) is 11.3 Å². The highest BCUT2D eigenvalue weighted by atomic mass is 79.9. The number of nitrogens with two attached hydrogens (primary N) is 1. The van der Waals surface area contributed by atoms with Crippen LogP contribution in [0.15, 0.2) is 10.5 Å². The van der Waals surface area contributed by atoms with Crippen LogP contribution < -0.4 is 5.73 Å². The van der Waals surface area contributed by atoms with Crippen LogP contribution in [0.25, 0.3) is 0 Å². The Labute approximate surface area is 121 Å². The number of aryl methyl sites for hydroxylation is 1. The highest BCUT2D eigenvalue weighted by Gasteiger charge is 2.19. The minimum absolute atomic E-state index is 0.0711. The highest BCUT2D eigenvalue weighted by molar-refractivity contribution is 9.10. The molecule has 0 aromatic carbocycles. The van der Waals surface area contributed by atoms with Gasteiger partial charge in [-0.2, -0.15) is 0 Å². The molecule has 18 heavy (non-hydrogen) atoms. The number of thiophene rings is 1. The molecule has 0 amide bonds. The van der Waals surface area contributed by atoms with E-state index in [1.165, 1.54) is 11.1 Å². The van der Waals surface area contributed by atoms with Crippen LogP contribution in [0, 0.1) is 6.92 Å². The maximum Gasteiger partial charge on any atom is 0.148 e. The SMILES string of the molecule is Cc1sc(C(CN)N(C)CCS(C)(=O)=O)cc1Br. The van der Waals surface area contributed by atoms with E-state index >= 15 is 0 Å². The third-order valence-corrected chi connectivity index (χ3v) is 5.94. The molecular weight excluding hydrogens is 336 g/mol. The maximum absolute atomic E-state index is 11.2. The van der Waals surface area contributed by atoms with Crippen LogP contribution in [-0.4, -0.2) is 45.5 Å². The fourth-order valence-electron chi connectivity index (χ4n) is 1.62. The minimum Gasteiger partial charge on any atom is -0.329 e. The summed E-state index contributed by atoms with van der Waals surface area (Å²) in [6, 6.07) is 2.14. The summed E-state index contributed by atoms with van der Waals surface area (Å²) in [4.78, 5) is 4.37. The Morgan fingerprint density at radius 3 is 2.56 bits per heavy atom. The van der Waals surface area contributed by atoms with Crippen LogP contribution in [0.5, 0.6) is 0 Å². The van der Waals surface area contributed by atoms with E-state index in [4.69, 9.17) is 5.73 Å². The van der Waals surface area contributed by atoms with E-state index < -0.39 is 9.84 Å². The van der Waals surface area contributed by atoms with Crippen LogP contribution in [0.4, 0.5) is 0 Å². The first kappa shape index (κ1) is 16.1. The molecule has 0 aliphatic carbocycles. The standard InChI is InChI=1S/C11H19BrN2O2S2/c1-8-9(12)6-11(17-8)10(7-13)14(2)4-5-18(3,15)16/h6,10H,4-5,7,13H2,1-3H3. The van der Waals surface area contributed by atoms with Gasteiger partial charge in [0.15, 0.2) is 0 Å². The number of likely N-dealkylation sites (N-methyl/N-ethyl adjacent to an activating group) is 1. The molecule has 1 rings (SSSR count). The topological polar surface area (TPSA) is 63.4 Å². The lowest BCUT2D eigenvalue weighted by atomic mass is 10.2. The third kappa shape index (κ3) is 4.62. The zero-order valence-electron chi connectivity index (χ0n) is 10.8. The molecule has 0 bridgehead atoms. The predicted octanol–water partition coefficient (Wildman–Crippen LogP) is 1.80. The number of halogens is 1. The lowest BCUT2D eigenvalue weighted by Gasteiger charge is -2.25. The second-order valence-electron chi connectivity index (χ2n) is 4.41. The molecule has 2 N–H and O–H groups in total. The molecule has 1 heterocycles. The number of hydrogen-bond acceptors (Lipinski definition) is 5. The first-order valence-electron chi connectivity index (χ1n) is 5.58. The van der Waals surface area contributed by atoms with Gasteiger partial charge in [-0.25, -0.2) is 8.42 Å². The number of rotatable bonds is 6. The first-order chi connectivity index (χ1) is 8.24. The summed E-state index contributed by atoms with van der Waals surface area (Å²) in [6.07, 6.45) is 1.25. The minimum atomic E-state index is -2.93. The Morgan fingerprint density at radius 2 is 2.17 bits per heavy atom. The van der Waals surface area contributed by atoms with E-state index in [9.17, 15) is 8.42 Å². The first-order valence-corrected chi connectivity index (χ1v) is 9.25. The third-order valence-electron chi connectivity index (χ3n) is 2.77. The molecular formula is C11H19BrN2O2S2. The molecule has 7 heteroatoms. The van der Waals surface area contributed by atoms with Crippen LogP contribution in [0.2, 0.25) is 0 Å². The van der Waals surface area contributed by atoms with Crippen molar-refractivity contribution < 1.29 is 8.42 Å². The average molecular weight is 355 g/mol. The Balaban J connectivity index is 2.77. The molecule has 0 spiro atoms. The smallest absolute Gasteiger partial charge is 0.148 e. The fraction of sp³-hybridized carbons (Fsp3) is 0.636. The molecule has 0 aliphatic heterocycles. The van der Waals surface area contributed by atoms with Crippen molar-refractivity contribution in [1.29, 1.82) is 0 Å². The molecule has 0 fully saturated rings. The molecule has 0 aliphatic rings. The molecule has 4 nitrogen and oxygen atoms in total. The molecule has 1 unspecified atom stereocenters. The van der Waals surface area contributed by atoms with Gasteiger partial charge in [0.25, 0.3) is 0 Å². The summed E-state index contributed by atoms with van der Waals surface area (Å²) in [5.74, 6) is 0.158. The van der Waals surface area contributed by atoms with Crippen molar-refractivity contribution >= 4 is 37.1 Å². The van der Waals surface area contributed by atoms with Crippen LogP contribution >= 0.6 is 27.3 Å². The maximum atomic E-state index is 11.2. The second kappa shape index (κ2) is 6.47. The molecule has 1 aromatic rings. The van der Waals surface area contributed by atoms with E-state index in [2.05, 4.69) is 22.0 Å². The van der Waals surface area contributed by atoms with Crippen molar-refractivity contribution in [2.24, 2.45) is 5.73 Å². The van der Waals surface area contributed by atoms with Gasteiger partial charge in [-0.3, -0.25) is 4.90 Å². The molecule has 1 atom stereocenters. The van der Waals surface area contributed by atoms with Crippen molar-refractivity contribution in [3.05, 3.63) is 20.3 Å². The van der Waals surface area contributed by atoms with Crippen molar-refractivity contribution in [2.75, 3.05) is 32.1 Å². The Kier molecular flexibility index (Phi) is 5.79. The molecule has 0 saturated heterocycles. The van der Waals surface area contributed by atoms with Gasteiger partial charge < -0.3 is 5.73 Å². The zero-order chi connectivity index (χ0) is 13.9. The van der Waals surface area contributed by atoms with Crippen LogP contribution in [0.1, 0.15) is 15.8 Å². The van der Waals surface area contributed by atoms with E-state index in [0.717, 1.165) is 9.35 Å². The summed E-state index contributed by atoms with van der Waals surface area (Å²) in [5.41, 5.74) is 5.80. The van der Waals surface area contributed by atoms with Gasteiger partial charge in [0.2, 0.25) is 0 Å². The molecule has 1 aromatic heterocycles. The van der Waals surface area contributed by atoms with Gasteiger partial charge in [0.1, 0.15) is 9.84 Å². The molecule has 0 radical (unpaired) electrons. The van der Waals surface area contributed by atoms with Gasteiger partial charge in [-0.1, -0.05) is 0 Å². The number of sulfone groups is 1. The Morgan fingerprint density at radius 1 is 1.56 bits per heavy atom. The van der Waals surface area contributed by atoms with Crippen LogP contribution in [-0.2, 0) is 9.84 Å². The van der Waals surface area contributed by atoms with Gasteiger partial charge in [-0.05, 0) is 36.0 Å². The Hall–Kier alpha value is 0.0500. The van der Waals surface area contributed by atoms with Crippen LogP contribution in [0.3, 0.4) is 0 Å². The number of nitrogens with zero attached hydrogens (tertiary/aromatic N) is 1. The normalized spacial score (nSPS) is 14.1. The number of hydrogen-bond donors (Lipinski definition) is 1. The lowest BCUT2D eigenvalue weighted by Crippen LogP contribution is -2.33. The van der Waals surface area contributed by atoms with Crippen molar-refractivity contribution in [2.45, 2.75) is 13.0 Å². The predicted molar refractivity (Wildman–Crippen MR) is 80.9 cm³/mol. The monoisotopic (exact) mass is 354 g/mol. The molecule has 104 valence electrons.